The number of rotatable bonds is 7. The predicted molar refractivity (Wildman–Crippen MR) is 74.6 cm³/mol. The van der Waals surface area contributed by atoms with Crippen LogP contribution in [-0.4, -0.2) is 44.9 Å². The molecule has 1 fully saturated rings. The van der Waals surface area contributed by atoms with Crippen molar-refractivity contribution in [3.8, 4) is 0 Å². The molecule has 5 nitrogen and oxygen atoms in total. The number of hydrogen-bond donors (Lipinski definition) is 2. The number of hydrogen-bond acceptors (Lipinski definition) is 3. The SMILES string of the molecule is CCCN(CC1CCCNC1)S(=O)(=O)NC(C)C. The summed E-state index contributed by atoms with van der Waals surface area (Å²) in [5.41, 5.74) is 0. The fourth-order valence-electron chi connectivity index (χ4n) is 2.30. The lowest BCUT2D eigenvalue weighted by molar-refractivity contribution is 0.288. The summed E-state index contributed by atoms with van der Waals surface area (Å²) in [4.78, 5) is 0. The highest BCUT2D eigenvalue weighted by Gasteiger charge is 2.25. The van der Waals surface area contributed by atoms with Crippen LogP contribution in [0.15, 0.2) is 0 Å². The minimum atomic E-state index is -3.33. The highest BCUT2D eigenvalue weighted by atomic mass is 32.2. The molecule has 0 amide bonds. The largest absolute Gasteiger partial charge is 0.316 e. The summed E-state index contributed by atoms with van der Waals surface area (Å²) in [6.07, 6.45) is 3.10. The van der Waals surface area contributed by atoms with E-state index >= 15 is 0 Å². The van der Waals surface area contributed by atoms with Crippen molar-refractivity contribution in [2.45, 2.75) is 46.1 Å². The lowest BCUT2D eigenvalue weighted by Crippen LogP contribution is -2.47. The third-order valence-electron chi connectivity index (χ3n) is 3.06. The maximum absolute atomic E-state index is 12.2. The molecule has 0 aliphatic carbocycles. The van der Waals surface area contributed by atoms with Gasteiger partial charge in [0.05, 0.1) is 0 Å². The van der Waals surface area contributed by atoms with E-state index in [1.54, 1.807) is 4.31 Å². The molecule has 0 aromatic rings. The van der Waals surface area contributed by atoms with Crippen LogP contribution in [0.5, 0.6) is 0 Å². The highest BCUT2D eigenvalue weighted by molar-refractivity contribution is 7.87. The van der Waals surface area contributed by atoms with E-state index in [9.17, 15) is 8.42 Å². The lowest BCUT2D eigenvalue weighted by atomic mass is 10.00. The Morgan fingerprint density at radius 1 is 1.44 bits per heavy atom. The van der Waals surface area contributed by atoms with Crippen molar-refractivity contribution in [3.05, 3.63) is 0 Å². The van der Waals surface area contributed by atoms with Gasteiger partial charge < -0.3 is 5.32 Å². The minimum absolute atomic E-state index is 0.0566. The first-order chi connectivity index (χ1) is 8.45. The molecule has 0 radical (unpaired) electrons. The summed E-state index contributed by atoms with van der Waals surface area (Å²) < 4.78 is 28.7. The van der Waals surface area contributed by atoms with Gasteiger partial charge in [0.15, 0.2) is 0 Å². The van der Waals surface area contributed by atoms with Crippen LogP contribution in [0.2, 0.25) is 0 Å². The molecule has 1 atom stereocenters. The Bertz CT molecular complexity index is 324. The molecular formula is C12H27N3O2S. The Morgan fingerprint density at radius 3 is 2.67 bits per heavy atom. The Balaban J connectivity index is 2.62. The smallest absolute Gasteiger partial charge is 0.279 e. The fourth-order valence-corrected chi connectivity index (χ4v) is 3.87. The van der Waals surface area contributed by atoms with Crippen molar-refractivity contribution in [1.29, 1.82) is 0 Å². The van der Waals surface area contributed by atoms with Gasteiger partial charge in [0.25, 0.3) is 10.2 Å². The minimum Gasteiger partial charge on any atom is -0.316 e. The van der Waals surface area contributed by atoms with Crippen molar-refractivity contribution >= 4 is 10.2 Å². The van der Waals surface area contributed by atoms with Gasteiger partial charge in [-0.15, -0.1) is 0 Å². The number of nitrogens with one attached hydrogen (secondary N) is 2. The van der Waals surface area contributed by atoms with Crippen LogP contribution >= 0.6 is 0 Å². The van der Waals surface area contributed by atoms with Crippen molar-refractivity contribution in [2.24, 2.45) is 5.92 Å². The van der Waals surface area contributed by atoms with Crippen molar-refractivity contribution in [1.82, 2.24) is 14.3 Å². The van der Waals surface area contributed by atoms with Crippen LogP contribution in [0, 0.1) is 5.92 Å². The van der Waals surface area contributed by atoms with E-state index in [1.165, 1.54) is 0 Å². The van der Waals surface area contributed by atoms with Gasteiger partial charge in [-0.1, -0.05) is 6.92 Å². The molecule has 108 valence electrons. The molecule has 18 heavy (non-hydrogen) atoms. The molecular weight excluding hydrogens is 250 g/mol. The maximum atomic E-state index is 12.2. The molecule has 0 aromatic carbocycles. The van der Waals surface area contributed by atoms with Crippen LogP contribution in [0.1, 0.15) is 40.0 Å². The Kier molecular flexibility index (Phi) is 6.55. The van der Waals surface area contributed by atoms with E-state index in [-0.39, 0.29) is 6.04 Å². The van der Waals surface area contributed by atoms with Crippen LogP contribution in [-0.2, 0) is 10.2 Å². The molecule has 0 aromatic heterocycles. The normalized spacial score (nSPS) is 21.7. The van der Waals surface area contributed by atoms with E-state index in [1.807, 2.05) is 20.8 Å². The second-order valence-electron chi connectivity index (χ2n) is 5.35. The summed E-state index contributed by atoms with van der Waals surface area (Å²) in [6.45, 7) is 8.92. The zero-order valence-electron chi connectivity index (χ0n) is 11.8. The summed E-state index contributed by atoms with van der Waals surface area (Å²) in [5, 5.41) is 3.33. The first-order valence-corrected chi connectivity index (χ1v) is 8.37. The maximum Gasteiger partial charge on any atom is 0.279 e. The Labute approximate surface area is 112 Å². The van der Waals surface area contributed by atoms with E-state index < -0.39 is 10.2 Å². The Morgan fingerprint density at radius 2 is 2.17 bits per heavy atom. The molecule has 1 aliphatic heterocycles. The first-order valence-electron chi connectivity index (χ1n) is 6.93. The summed E-state index contributed by atoms with van der Waals surface area (Å²) >= 11 is 0. The standard InChI is InChI=1S/C12H27N3O2S/c1-4-8-15(18(16,17)14-11(2)3)10-12-6-5-7-13-9-12/h11-14H,4-10H2,1-3H3. The summed E-state index contributed by atoms with van der Waals surface area (Å²) in [7, 11) is -3.33. The van der Waals surface area contributed by atoms with Gasteiger partial charge in [-0.05, 0) is 52.1 Å². The van der Waals surface area contributed by atoms with Gasteiger partial charge in [-0.25, -0.2) is 0 Å². The van der Waals surface area contributed by atoms with Crippen molar-refractivity contribution < 1.29 is 8.42 Å². The van der Waals surface area contributed by atoms with Crippen LogP contribution in [0.25, 0.3) is 0 Å². The monoisotopic (exact) mass is 277 g/mol. The molecule has 1 rings (SSSR count). The van der Waals surface area contributed by atoms with E-state index in [4.69, 9.17) is 0 Å². The molecule has 0 saturated carbocycles. The lowest BCUT2D eigenvalue weighted by Gasteiger charge is -2.30. The van der Waals surface area contributed by atoms with Gasteiger partial charge in [0.2, 0.25) is 0 Å². The van der Waals surface area contributed by atoms with Gasteiger partial charge in [-0.3, -0.25) is 0 Å². The average molecular weight is 277 g/mol. The second kappa shape index (κ2) is 7.43. The summed E-state index contributed by atoms with van der Waals surface area (Å²) in [5.74, 6) is 0.439. The molecule has 0 bridgehead atoms. The number of piperidine rings is 1. The summed E-state index contributed by atoms with van der Waals surface area (Å²) in [6, 6.07) is -0.0566. The van der Waals surface area contributed by atoms with E-state index in [0.29, 0.717) is 19.0 Å². The first kappa shape index (κ1) is 15.9. The molecule has 6 heteroatoms. The number of nitrogens with zero attached hydrogens (tertiary/aromatic N) is 1. The molecule has 0 spiro atoms. The van der Waals surface area contributed by atoms with Gasteiger partial charge in [0.1, 0.15) is 0 Å². The average Bonchev–Trinajstić information content (AvgIpc) is 2.28. The predicted octanol–water partition coefficient (Wildman–Crippen LogP) is 0.941. The molecule has 2 N–H and O–H groups in total. The highest BCUT2D eigenvalue weighted by Crippen LogP contribution is 2.14. The van der Waals surface area contributed by atoms with Crippen molar-refractivity contribution in [3.63, 3.8) is 0 Å². The molecule has 1 heterocycles. The van der Waals surface area contributed by atoms with Crippen LogP contribution in [0.3, 0.4) is 0 Å². The quantitative estimate of drug-likeness (QED) is 0.728. The van der Waals surface area contributed by atoms with Crippen LogP contribution < -0.4 is 10.0 Å². The fraction of sp³-hybridized carbons (Fsp3) is 1.00. The van der Waals surface area contributed by atoms with E-state index in [0.717, 1.165) is 32.4 Å². The van der Waals surface area contributed by atoms with Crippen LogP contribution in [0.4, 0.5) is 0 Å². The topological polar surface area (TPSA) is 61.4 Å². The van der Waals surface area contributed by atoms with E-state index in [2.05, 4.69) is 10.0 Å². The molecule has 1 saturated heterocycles. The Hall–Kier alpha value is -0.170. The molecule has 1 unspecified atom stereocenters. The van der Waals surface area contributed by atoms with Crippen molar-refractivity contribution in [2.75, 3.05) is 26.2 Å². The molecule has 1 aliphatic rings. The van der Waals surface area contributed by atoms with Gasteiger partial charge in [-0.2, -0.15) is 17.4 Å². The third-order valence-corrected chi connectivity index (χ3v) is 4.84. The zero-order chi connectivity index (χ0) is 13.6. The van der Waals surface area contributed by atoms with Gasteiger partial charge >= 0.3 is 0 Å². The third kappa shape index (κ3) is 5.22. The second-order valence-corrected chi connectivity index (χ2v) is 7.05. The van der Waals surface area contributed by atoms with Gasteiger partial charge in [0, 0.05) is 19.1 Å². The zero-order valence-corrected chi connectivity index (χ0v) is 12.6.